The normalized spacial score (nSPS) is 18.9. The number of nitrogens with one attached hydrogen (secondary N) is 1. The molecule has 2 aliphatic rings. The molecule has 1 aromatic heterocycles. The van der Waals surface area contributed by atoms with Crippen molar-refractivity contribution in [3.05, 3.63) is 53.3 Å². The molecule has 2 aromatic rings. The predicted molar refractivity (Wildman–Crippen MR) is 110 cm³/mol. The van der Waals surface area contributed by atoms with Crippen molar-refractivity contribution >= 4 is 5.91 Å². The van der Waals surface area contributed by atoms with Crippen LogP contribution < -0.4 is 5.32 Å². The van der Waals surface area contributed by atoms with Gasteiger partial charge in [0.1, 0.15) is 0 Å². The minimum atomic E-state index is 0.161. The van der Waals surface area contributed by atoms with E-state index < -0.39 is 0 Å². The number of rotatable bonds is 6. The predicted octanol–water partition coefficient (Wildman–Crippen LogP) is 2.04. The van der Waals surface area contributed by atoms with Crippen LogP contribution in [0, 0.1) is 0 Å². The Kier molecular flexibility index (Phi) is 6.39. The summed E-state index contributed by atoms with van der Waals surface area (Å²) in [7, 11) is 0. The fraction of sp³-hybridized carbons (Fsp3) is 0.545. The Morgan fingerprint density at radius 3 is 2.82 bits per heavy atom. The van der Waals surface area contributed by atoms with E-state index in [1.165, 1.54) is 17.7 Å². The summed E-state index contributed by atoms with van der Waals surface area (Å²) in [6.07, 6.45) is 4.08. The van der Waals surface area contributed by atoms with Crippen molar-refractivity contribution in [2.45, 2.75) is 45.3 Å². The summed E-state index contributed by atoms with van der Waals surface area (Å²) in [4.78, 5) is 16.4. The SMILES string of the molecule is O=C1CCN(Cc2cc3n(n2)CCCN(CCCc2ccccc2)C3)CCN1. The van der Waals surface area contributed by atoms with Gasteiger partial charge in [-0.05, 0) is 37.4 Å². The summed E-state index contributed by atoms with van der Waals surface area (Å²) in [5, 5.41) is 7.80. The maximum Gasteiger partial charge on any atom is 0.221 e. The number of amides is 1. The first kappa shape index (κ1) is 19.2. The van der Waals surface area contributed by atoms with Gasteiger partial charge in [-0.15, -0.1) is 0 Å². The minimum Gasteiger partial charge on any atom is -0.355 e. The molecule has 1 saturated heterocycles. The van der Waals surface area contributed by atoms with Crippen LogP contribution >= 0.6 is 0 Å². The minimum absolute atomic E-state index is 0.161. The molecule has 150 valence electrons. The molecule has 6 heteroatoms. The number of benzene rings is 1. The van der Waals surface area contributed by atoms with E-state index in [0.717, 1.165) is 70.9 Å². The van der Waals surface area contributed by atoms with Gasteiger partial charge in [0.2, 0.25) is 5.91 Å². The molecule has 28 heavy (non-hydrogen) atoms. The maximum atomic E-state index is 11.5. The van der Waals surface area contributed by atoms with E-state index in [2.05, 4.69) is 56.2 Å². The van der Waals surface area contributed by atoms with Gasteiger partial charge in [-0.1, -0.05) is 30.3 Å². The van der Waals surface area contributed by atoms with Crippen molar-refractivity contribution in [2.75, 3.05) is 32.7 Å². The molecule has 0 saturated carbocycles. The Morgan fingerprint density at radius 2 is 1.93 bits per heavy atom. The first-order valence-corrected chi connectivity index (χ1v) is 10.6. The van der Waals surface area contributed by atoms with Crippen molar-refractivity contribution < 1.29 is 4.79 Å². The molecule has 1 amide bonds. The number of fused-ring (bicyclic) bond motifs is 1. The van der Waals surface area contributed by atoms with Crippen LogP contribution in [0.15, 0.2) is 36.4 Å². The lowest BCUT2D eigenvalue weighted by Crippen LogP contribution is -2.28. The Hall–Kier alpha value is -2.18. The van der Waals surface area contributed by atoms with Gasteiger partial charge in [0.15, 0.2) is 0 Å². The quantitative estimate of drug-likeness (QED) is 0.832. The highest BCUT2D eigenvalue weighted by Gasteiger charge is 2.19. The molecule has 2 aliphatic heterocycles. The maximum absolute atomic E-state index is 11.5. The molecular weight excluding hydrogens is 350 g/mol. The number of hydrogen-bond donors (Lipinski definition) is 1. The van der Waals surface area contributed by atoms with Gasteiger partial charge in [0.05, 0.1) is 11.4 Å². The molecule has 3 heterocycles. The van der Waals surface area contributed by atoms with Crippen LogP contribution in [0.5, 0.6) is 0 Å². The van der Waals surface area contributed by atoms with E-state index in [1.807, 2.05) is 0 Å². The molecule has 0 spiro atoms. The number of carbonyl (C=O) groups excluding carboxylic acids is 1. The van der Waals surface area contributed by atoms with Crippen LogP contribution in [-0.4, -0.2) is 58.2 Å². The number of aryl methyl sites for hydroxylation is 2. The Labute approximate surface area is 167 Å². The Bertz CT molecular complexity index is 772. The molecule has 0 bridgehead atoms. The number of hydrogen-bond acceptors (Lipinski definition) is 4. The Morgan fingerprint density at radius 1 is 1.04 bits per heavy atom. The van der Waals surface area contributed by atoms with Gasteiger partial charge in [-0.25, -0.2) is 0 Å². The second kappa shape index (κ2) is 9.34. The number of nitrogens with zero attached hydrogens (tertiary/aromatic N) is 4. The van der Waals surface area contributed by atoms with E-state index in [4.69, 9.17) is 5.10 Å². The summed E-state index contributed by atoms with van der Waals surface area (Å²) in [5.74, 6) is 0.161. The van der Waals surface area contributed by atoms with Crippen LogP contribution in [0.4, 0.5) is 0 Å². The van der Waals surface area contributed by atoms with Gasteiger partial charge >= 0.3 is 0 Å². The molecule has 4 rings (SSSR count). The summed E-state index contributed by atoms with van der Waals surface area (Å²) < 4.78 is 2.20. The van der Waals surface area contributed by atoms with Gasteiger partial charge in [0.25, 0.3) is 0 Å². The molecule has 1 fully saturated rings. The first-order chi connectivity index (χ1) is 13.8. The average Bonchev–Trinajstić information content (AvgIpc) is 2.83. The van der Waals surface area contributed by atoms with Crippen LogP contribution in [0.1, 0.15) is 36.2 Å². The monoisotopic (exact) mass is 381 g/mol. The summed E-state index contributed by atoms with van der Waals surface area (Å²) in [6.45, 7) is 7.57. The molecular formula is C22H31N5O. The third kappa shape index (κ3) is 5.20. The average molecular weight is 382 g/mol. The largest absolute Gasteiger partial charge is 0.355 e. The van der Waals surface area contributed by atoms with E-state index in [0.29, 0.717) is 6.42 Å². The van der Waals surface area contributed by atoms with Crippen molar-refractivity contribution in [1.82, 2.24) is 24.9 Å². The van der Waals surface area contributed by atoms with Crippen LogP contribution in [0.3, 0.4) is 0 Å². The van der Waals surface area contributed by atoms with E-state index in [-0.39, 0.29) is 5.91 Å². The highest BCUT2D eigenvalue weighted by molar-refractivity contribution is 5.76. The Balaban J connectivity index is 1.31. The lowest BCUT2D eigenvalue weighted by atomic mass is 10.1. The van der Waals surface area contributed by atoms with E-state index >= 15 is 0 Å². The lowest BCUT2D eigenvalue weighted by Gasteiger charge is -2.19. The fourth-order valence-electron chi connectivity index (χ4n) is 4.21. The highest BCUT2D eigenvalue weighted by atomic mass is 16.1. The van der Waals surface area contributed by atoms with Crippen molar-refractivity contribution in [3.8, 4) is 0 Å². The summed E-state index contributed by atoms with van der Waals surface area (Å²) in [6, 6.07) is 13.0. The van der Waals surface area contributed by atoms with Crippen LogP contribution in [-0.2, 0) is 30.8 Å². The third-order valence-corrected chi connectivity index (χ3v) is 5.72. The summed E-state index contributed by atoms with van der Waals surface area (Å²) in [5.41, 5.74) is 3.89. The molecule has 0 aliphatic carbocycles. The number of aromatic nitrogens is 2. The second-order valence-corrected chi connectivity index (χ2v) is 7.95. The van der Waals surface area contributed by atoms with Gasteiger partial charge < -0.3 is 5.32 Å². The van der Waals surface area contributed by atoms with Crippen LogP contribution in [0.2, 0.25) is 0 Å². The van der Waals surface area contributed by atoms with Crippen LogP contribution in [0.25, 0.3) is 0 Å². The van der Waals surface area contributed by atoms with Crippen molar-refractivity contribution in [3.63, 3.8) is 0 Å². The summed E-state index contributed by atoms with van der Waals surface area (Å²) >= 11 is 0. The molecule has 1 aromatic carbocycles. The van der Waals surface area contributed by atoms with E-state index in [1.54, 1.807) is 0 Å². The standard InChI is InChI=1S/C22H31N5O/c28-22-9-14-26(15-10-23-22)17-20-16-21-18-25(12-5-13-27(21)24-20)11-4-8-19-6-2-1-3-7-19/h1-3,6-7,16H,4-5,8-15,17-18H2,(H,23,28). The fourth-order valence-corrected chi connectivity index (χ4v) is 4.21. The second-order valence-electron chi connectivity index (χ2n) is 7.95. The smallest absolute Gasteiger partial charge is 0.221 e. The van der Waals surface area contributed by atoms with Gasteiger partial charge in [-0.3, -0.25) is 19.3 Å². The zero-order valence-corrected chi connectivity index (χ0v) is 16.6. The first-order valence-electron chi connectivity index (χ1n) is 10.6. The molecule has 0 radical (unpaired) electrons. The molecule has 6 nitrogen and oxygen atoms in total. The van der Waals surface area contributed by atoms with Gasteiger partial charge in [-0.2, -0.15) is 5.10 Å². The highest BCUT2D eigenvalue weighted by Crippen LogP contribution is 2.16. The van der Waals surface area contributed by atoms with Crippen molar-refractivity contribution in [2.24, 2.45) is 0 Å². The van der Waals surface area contributed by atoms with E-state index in [9.17, 15) is 4.79 Å². The molecule has 0 unspecified atom stereocenters. The van der Waals surface area contributed by atoms with Gasteiger partial charge in [0, 0.05) is 52.2 Å². The zero-order valence-electron chi connectivity index (χ0n) is 16.6. The third-order valence-electron chi connectivity index (χ3n) is 5.72. The molecule has 0 atom stereocenters. The molecule has 1 N–H and O–H groups in total. The topological polar surface area (TPSA) is 53.4 Å². The van der Waals surface area contributed by atoms with Crippen molar-refractivity contribution in [1.29, 1.82) is 0 Å². The zero-order chi connectivity index (χ0) is 19.2. The lowest BCUT2D eigenvalue weighted by molar-refractivity contribution is -0.120. The number of carbonyl (C=O) groups is 1.